The summed E-state index contributed by atoms with van der Waals surface area (Å²) >= 11 is 6.82. The molecule has 0 saturated carbocycles. The Morgan fingerprint density at radius 2 is 2.27 bits per heavy atom. The molecule has 1 aromatic carbocycles. The van der Waals surface area contributed by atoms with Crippen LogP contribution < -0.4 is 15.4 Å². The van der Waals surface area contributed by atoms with E-state index in [0.717, 1.165) is 24.8 Å². The molecular formula is C19H19N3O2S2. The lowest BCUT2D eigenvalue weighted by atomic mass is 9.89. The van der Waals surface area contributed by atoms with Crippen molar-refractivity contribution in [2.24, 2.45) is 5.92 Å². The first-order valence-corrected chi connectivity index (χ1v) is 9.55. The van der Waals surface area contributed by atoms with Gasteiger partial charge in [-0.15, -0.1) is 11.3 Å². The smallest absolute Gasteiger partial charge is 0.257 e. The van der Waals surface area contributed by atoms with E-state index in [2.05, 4.69) is 23.6 Å². The fourth-order valence-corrected chi connectivity index (χ4v) is 4.66. The van der Waals surface area contributed by atoms with Crippen molar-refractivity contribution in [1.29, 1.82) is 5.26 Å². The zero-order valence-electron chi connectivity index (χ0n) is 14.6. The normalized spacial score (nSPS) is 15.5. The van der Waals surface area contributed by atoms with Gasteiger partial charge in [0.1, 0.15) is 16.8 Å². The van der Waals surface area contributed by atoms with Crippen LogP contribution in [0.5, 0.6) is 5.75 Å². The van der Waals surface area contributed by atoms with Gasteiger partial charge in [-0.1, -0.05) is 13.0 Å². The van der Waals surface area contributed by atoms with Crippen molar-refractivity contribution < 1.29 is 9.53 Å². The number of thiocarbonyl (C=S) groups is 1. The molecule has 0 spiro atoms. The first-order valence-electron chi connectivity index (χ1n) is 8.32. The Hall–Kier alpha value is -2.43. The van der Waals surface area contributed by atoms with Crippen LogP contribution in [0.2, 0.25) is 0 Å². The number of fused-ring (bicyclic) bond motifs is 1. The molecular weight excluding hydrogens is 366 g/mol. The minimum Gasteiger partial charge on any atom is -0.497 e. The first kappa shape index (κ1) is 18.4. The molecule has 26 heavy (non-hydrogen) atoms. The number of carbonyl (C=O) groups excluding carboxylic acids is 1. The molecule has 1 aliphatic carbocycles. The van der Waals surface area contributed by atoms with Gasteiger partial charge in [0.2, 0.25) is 0 Å². The monoisotopic (exact) mass is 385 g/mol. The number of carbonyl (C=O) groups is 1. The molecule has 1 unspecified atom stereocenters. The highest BCUT2D eigenvalue weighted by atomic mass is 32.1. The number of hydrogen-bond acceptors (Lipinski definition) is 5. The number of benzene rings is 1. The van der Waals surface area contributed by atoms with Crippen molar-refractivity contribution in [2.45, 2.75) is 26.2 Å². The highest BCUT2D eigenvalue weighted by Gasteiger charge is 2.24. The molecule has 0 fully saturated rings. The summed E-state index contributed by atoms with van der Waals surface area (Å²) in [5.41, 5.74) is 2.23. The molecule has 0 saturated heterocycles. The maximum Gasteiger partial charge on any atom is 0.257 e. The third-order valence-electron chi connectivity index (χ3n) is 4.41. The molecule has 1 aromatic heterocycles. The van der Waals surface area contributed by atoms with Gasteiger partial charge in [-0.25, -0.2) is 0 Å². The van der Waals surface area contributed by atoms with E-state index in [1.54, 1.807) is 42.7 Å². The molecule has 3 rings (SSSR count). The van der Waals surface area contributed by atoms with Gasteiger partial charge in [0, 0.05) is 10.4 Å². The zero-order valence-corrected chi connectivity index (χ0v) is 16.2. The average Bonchev–Trinajstić information content (AvgIpc) is 2.97. The third kappa shape index (κ3) is 3.87. The van der Waals surface area contributed by atoms with Crippen LogP contribution >= 0.6 is 23.6 Å². The highest BCUT2D eigenvalue weighted by Crippen LogP contribution is 2.39. The standard InChI is InChI=1S/C19H19N3O2S2/c1-11-6-7-14-15(10-20)18(26-16(14)8-11)22-19(25)21-17(23)12-4-3-5-13(9-12)24-2/h3-5,9,11H,6-8H2,1-2H3,(H2,21,22,23,25). The Kier molecular flexibility index (Phi) is 5.55. The number of nitriles is 1. The SMILES string of the molecule is COc1cccc(C(=O)NC(=S)Nc2sc3c(c2C#N)CCC(C)C3)c1. The maximum absolute atomic E-state index is 12.3. The van der Waals surface area contributed by atoms with E-state index in [1.807, 2.05) is 0 Å². The van der Waals surface area contributed by atoms with Gasteiger partial charge in [0.15, 0.2) is 5.11 Å². The van der Waals surface area contributed by atoms with Crippen LogP contribution in [0.25, 0.3) is 0 Å². The van der Waals surface area contributed by atoms with E-state index >= 15 is 0 Å². The minimum absolute atomic E-state index is 0.181. The second kappa shape index (κ2) is 7.85. The molecule has 5 nitrogen and oxygen atoms in total. The van der Waals surface area contributed by atoms with Gasteiger partial charge in [0.25, 0.3) is 5.91 Å². The van der Waals surface area contributed by atoms with Crippen molar-refractivity contribution in [2.75, 3.05) is 12.4 Å². The minimum atomic E-state index is -0.324. The van der Waals surface area contributed by atoms with Gasteiger partial charge in [-0.3, -0.25) is 10.1 Å². The van der Waals surface area contributed by atoms with E-state index in [0.29, 0.717) is 27.8 Å². The predicted molar refractivity (Wildman–Crippen MR) is 107 cm³/mol. The fraction of sp³-hybridized carbons (Fsp3) is 0.316. The number of anilines is 1. The number of nitrogens with zero attached hydrogens (tertiary/aromatic N) is 1. The van der Waals surface area contributed by atoms with Crippen LogP contribution in [-0.2, 0) is 12.8 Å². The van der Waals surface area contributed by atoms with E-state index in [1.165, 1.54) is 4.88 Å². The molecule has 0 bridgehead atoms. The van der Waals surface area contributed by atoms with Gasteiger partial charge in [0.05, 0.1) is 12.7 Å². The molecule has 2 N–H and O–H groups in total. The van der Waals surface area contributed by atoms with Crippen molar-refractivity contribution in [3.63, 3.8) is 0 Å². The molecule has 7 heteroatoms. The Bertz CT molecular complexity index is 899. The number of nitrogens with one attached hydrogen (secondary N) is 2. The van der Waals surface area contributed by atoms with E-state index in [4.69, 9.17) is 17.0 Å². The molecule has 134 valence electrons. The van der Waals surface area contributed by atoms with Gasteiger partial charge >= 0.3 is 0 Å². The summed E-state index contributed by atoms with van der Waals surface area (Å²) in [5.74, 6) is 0.901. The topological polar surface area (TPSA) is 74.2 Å². The first-order chi connectivity index (χ1) is 12.5. The molecule has 1 atom stereocenters. The Balaban J connectivity index is 1.72. The van der Waals surface area contributed by atoms with Gasteiger partial charge in [-0.2, -0.15) is 5.26 Å². The number of ether oxygens (including phenoxy) is 1. The van der Waals surface area contributed by atoms with E-state index < -0.39 is 0 Å². The number of amides is 1. The fourth-order valence-electron chi connectivity index (χ4n) is 3.03. The number of thiophene rings is 1. The van der Waals surface area contributed by atoms with Gasteiger partial charge < -0.3 is 10.1 Å². The van der Waals surface area contributed by atoms with Crippen molar-refractivity contribution in [3.8, 4) is 11.8 Å². The summed E-state index contributed by atoms with van der Waals surface area (Å²) in [5, 5.41) is 16.1. The maximum atomic E-state index is 12.3. The summed E-state index contributed by atoms with van der Waals surface area (Å²) in [6.07, 6.45) is 2.99. The number of methoxy groups -OCH3 is 1. The second-order valence-corrected chi connectivity index (χ2v) is 7.82. The van der Waals surface area contributed by atoms with E-state index in [-0.39, 0.29) is 11.0 Å². The van der Waals surface area contributed by atoms with Gasteiger partial charge in [-0.05, 0) is 61.2 Å². The molecule has 1 amide bonds. The Morgan fingerprint density at radius 1 is 1.46 bits per heavy atom. The summed E-state index contributed by atoms with van der Waals surface area (Å²) in [6, 6.07) is 9.12. The highest BCUT2D eigenvalue weighted by molar-refractivity contribution is 7.80. The zero-order chi connectivity index (χ0) is 18.7. The Labute approximate surface area is 162 Å². The van der Waals surface area contributed by atoms with Crippen molar-refractivity contribution >= 4 is 39.6 Å². The third-order valence-corrected chi connectivity index (χ3v) is 5.78. The van der Waals surface area contributed by atoms with Crippen LogP contribution in [0.15, 0.2) is 24.3 Å². The molecule has 2 aromatic rings. The van der Waals surface area contributed by atoms with Crippen molar-refractivity contribution in [1.82, 2.24) is 5.32 Å². The summed E-state index contributed by atoms with van der Waals surface area (Å²) < 4.78 is 5.13. The number of rotatable bonds is 3. The summed E-state index contributed by atoms with van der Waals surface area (Å²) in [6.45, 7) is 2.22. The quantitative estimate of drug-likeness (QED) is 0.785. The molecule has 0 aliphatic heterocycles. The van der Waals surface area contributed by atoms with Crippen LogP contribution in [0.1, 0.15) is 39.7 Å². The van der Waals surface area contributed by atoms with Crippen LogP contribution in [-0.4, -0.2) is 18.1 Å². The largest absolute Gasteiger partial charge is 0.497 e. The van der Waals surface area contributed by atoms with Crippen LogP contribution in [0.4, 0.5) is 5.00 Å². The summed E-state index contributed by atoms with van der Waals surface area (Å²) in [4.78, 5) is 13.6. The average molecular weight is 386 g/mol. The molecule has 1 aliphatic rings. The molecule has 0 radical (unpaired) electrons. The Morgan fingerprint density at radius 3 is 3.00 bits per heavy atom. The summed E-state index contributed by atoms with van der Waals surface area (Å²) in [7, 11) is 1.55. The van der Waals surface area contributed by atoms with Crippen molar-refractivity contribution in [3.05, 3.63) is 45.8 Å². The molecule has 1 heterocycles. The van der Waals surface area contributed by atoms with E-state index in [9.17, 15) is 10.1 Å². The number of hydrogen-bond donors (Lipinski definition) is 2. The van der Waals surface area contributed by atoms with Crippen LogP contribution in [0, 0.1) is 17.2 Å². The lowest BCUT2D eigenvalue weighted by Gasteiger charge is -2.17. The lowest BCUT2D eigenvalue weighted by Crippen LogP contribution is -2.34. The second-order valence-electron chi connectivity index (χ2n) is 6.31. The predicted octanol–water partition coefficient (Wildman–Crippen LogP) is 3.88. The lowest BCUT2D eigenvalue weighted by molar-refractivity contribution is 0.0977. The van der Waals surface area contributed by atoms with Crippen LogP contribution in [0.3, 0.4) is 0 Å².